The largest absolute Gasteiger partial charge is 0.464 e. The van der Waals surface area contributed by atoms with Crippen molar-refractivity contribution in [2.45, 2.75) is 58.2 Å². The minimum Gasteiger partial charge on any atom is -0.464 e. The number of esters is 1. The summed E-state index contributed by atoms with van der Waals surface area (Å²) in [7, 11) is 0. The number of aromatic amines is 1. The van der Waals surface area contributed by atoms with Gasteiger partial charge in [-0.15, -0.1) is 23.1 Å². The minimum absolute atomic E-state index is 0.00999. The van der Waals surface area contributed by atoms with Gasteiger partial charge in [0.2, 0.25) is 5.91 Å². The molecule has 1 aliphatic rings. The van der Waals surface area contributed by atoms with E-state index in [1.165, 1.54) is 16.6 Å². The first-order valence-electron chi connectivity index (χ1n) is 10.0. The Bertz CT molecular complexity index is 953. The van der Waals surface area contributed by atoms with Gasteiger partial charge in [0, 0.05) is 4.88 Å². The monoisotopic (exact) mass is 437 g/mol. The Hall–Kier alpha value is -1.87. The predicted octanol–water partition coefficient (Wildman–Crippen LogP) is 2.80. The molecule has 0 unspecified atom stereocenters. The van der Waals surface area contributed by atoms with Crippen LogP contribution in [0.1, 0.15) is 49.9 Å². The number of hydrogen-bond acceptors (Lipinski definition) is 7. The Kier molecular flexibility index (Phi) is 7.34. The van der Waals surface area contributed by atoms with Gasteiger partial charge >= 0.3 is 5.97 Å². The molecule has 1 amide bonds. The van der Waals surface area contributed by atoms with E-state index in [0.717, 1.165) is 41.5 Å². The van der Waals surface area contributed by atoms with Crippen molar-refractivity contribution in [3.8, 4) is 0 Å². The summed E-state index contributed by atoms with van der Waals surface area (Å²) >= 11 is 2.96. The first-order chi connectivity index (χ1) is 13.9. The fourth-order valence-corrected chi connectivity index (χ4v) is 5.45. The van der Waals surface area contributed by atoms with Crippen LogP contribution in [0, 0.1) is 5.92 Å². The Labute approximate surface area is 178 Å². The maximum Gasteiger partial charge on any atom is 0.328 e. The number of H-pyrrole nitrogens is 1. The number of amides is 1. The molecule has 3 rings (SSSR count). The van der Waals surface area contributed by atoms with Gasteiger partial charge in [-0.2, -0.15) is 0 Å². The van der Waals surface area contributed by atoms with Gasteiger partial charge in [0.1, 0.15) is 16.7 Å². The van der Waals surface area contributed by atoms with Crippen LogP contribution in [0.2, 0.25) is 0 Å². The molecule has 0 fully saturated rings. The number of fused-ring (bicyclic) bond motifs is 3. The molecule has 1 aliphatic carbocycles. The Balaban J connectivity index is 1.58. The van der Waals surface area contributed by atoms with Crippen molar-refractivity contribution in [1.29, 1.82) is 0 Å². The third-order valence-corrected chi connectivity index (χ3v) is 7.30. The van der Waals surface area contributed by atoms with Crippen LogP contribution in [0.3, 0.4) is 0 Å². The summed E-state index contributed by atoms with van der Waals surface area (Å²) in [6.07, 6.45) is 3.84. The van der Waals surface area contributed by atoms with Crippen LogP contribution in [0.25, 0.3) is 10.2 Å². The highest BCUT2D eigenvalue weighted by atomic mass is 32.2. The lowest BCUT2D eigenvalue weighted by atomic mass is 9.99. The molecular weight excluding hydrogens is 410 g/mol. The number of aryl methyl sites for hydroxylation is 2. The van der Waals surface area contributed by atoms with E-state index in [4.69, 9.17) is 4.74 Å². The number of nitrogens with one attached hydrogen (secondary N) is 2. The summed E-state index contributed by atoms with van der Waals surface area (Å²) in [4.78, 5) is 46.4. The van der Waals surface area contributed by atoms with Crippen LogP contribution in [0.5, 0.6) is 0 Å². The van der Waals surface area contributed by atoms with E-state index < -0.39 is 12.0 Å². The molecule has 2 N–H and O–H groups in total. The van der Waals surface area contributed by atoms with Crippen molar-refractivity contribution in [3.63, 3.8) is 0 Å². The maximum atomic E-state index is 12.5. The number of thioether (sulfide) groups is 1. The van der Waals surface area contributed by atoms with Crippen LogP contribution in [-0.4, -0.2) is 40.2 Å². The molecule has 29 heavy (non-hydrogen) atoms. The van der Waals surface area contributed by atoms with E-state index in [9.17, 15) is 14.4 Å². The van der Waals surface area contributed by atoms with Crippen LogP contribution >= 0.6 is 23.1 Å². The van der Waals surface area contributed by atoms with Gasteiger partial charge in [-0.25, -0.2) is 9.78 Å². The number of thiophene rings is 1. The number of hydrogen-bond donors (Lipinski definition) is 2. The van der Waals surface area contributed by atoms with Gasteiger partial charge in [-0.1, -0.05) is 20.3 Å². The van der Waals surface area contributed by atoms with E-state index in [0.29, 0.717) is 11.6 Å². The van der Waals surface area contributed by atoms with Crippen molar-refractivity contribution >= 4 is 45.2 Å². The van der Waals surface area contributed by atoms with Crippen LogP contribution in [0.4, 0.5) is 0 Å². The quantitative estimate of drug-likeness (QED) is 0.585. The molecule has 2 atom stereocenters. The number of carbonyl (C=O) groups excluding carboxylic acids is 2. The summed E-state index contributed by atoms with van der Waals surface area (Å²) in [5, 5.41) is 3.52. The average Bonchev–Trinajstić information content (AvgIpc) is 3.26. The Morgan fingerprint density at radius 1 is 1.34 bits per heavy atom. The fourth-order valence-electron chi connectivity index (χ4n) is 3.47. The summed E-state index contributed by atoms with van der Waals surface area (Å²) in [5.41, 5.74) is 1.07. The Morgan fingerprint density at radius 2 is 2.14 bits per heavy atom. The van der Waals surface area contributed by atoms with Gasteiger partial charge < -0.3 is 15.0 Å². The van der Waals surface area contributed by atoms with Crippen LogP contribution in [-0.2, 0) is 32.9 Å². The van der Waals surface area contributed by atoms with Crippen molar-refractivity contribution in [2.24, 2.45) is 5.92 Å². The van der Waals surface area contributed by atoms with E-state index in [-0.39, 0.29) is 29.7 Å². The first-order valence-corrected chi connectivity index (χ1v) is 12.0. The van der Waals surface area contributed by atoms with Gasteiger partial charge in [0.15, 0.2) is 0 Å². The molecule has 0 aromatic carbocycles. The predicted molar refractivity (Wildman–Crippen MR) is 116 cm³/mol. The highest BCUT2D eigenvalue weighted by Gasteiger charge is 2.27. The Morgan fingerprint density at radius 3 is 2.86 bits per heavy atom. The average molecular weight is 438 g/mol. The zero-order valence-electron chi connectivity index (χ0n) is 17.0. The SMILES string of the molecule is CCOC(=O)[C@@H](NC(=O)CSCc1nc2sc3c(c2c(=O)[nH]1)CCC3)[C@@H](C)CC. The zero-order chi connectivity index (χ0) is 21.0. The van der Waals surface area contributed by atoms with Gasteiger partial charge in [-0.3, -0.25) is 9.59 Å². The lowest BCUT2D eigenvalue weighted by Gasteiger charge is -2.22. The second kappa shape index (κ2) is 9.75. The highest BCUT2D eigenvalue weighted by Crippen LogP contribution is 2.34. The molecule has 2 heterocycles. The molecule has 0 saturated heterocycles. The van der Waals surface area contributed by atoms with Gasteiger partial charge in [-0.05, 0) is 37.7 Å². The summed E-state index contributed by atoms with van der Waals surface area (Å²) in [6.45, 7) is 5.91. The molecule has 0 saturated carbocycles. The van der Waals surface area contributed by atoms with Gasteiger partial charge in [0.25, 0.3) is 5.56 Å². The second-order valence-corrected chi connectivity index (χ2v) is 9.29. The molecule has 9 heteroatoms. The summed E-state index contributed by atoms with van der Waals surface area (Å²) < 4.78 is 5.07. The molecule has 0 aliphatic heterocycles. The van der Waals surface area contributed by atoms with Crippen molar-refractivity contribution in [2.75, 3.05) is 12.4 Å². The van der Waals surface area contributed by atoms with Crippen molar-refractivity contribution in [3.05, 3.63) is 26.6 Å². The van der Waals surface area contributed by atoms with E-state index in [1.54, 1.807) is 18.3 Å². The lowest BCUT2D eigenvalue weighted by Crippen LogP contribution is -2.46. The molecule has 158 valence electrons. The smallest absolute Gasteiger partial charge is 0.328 e. The molecular formula is C20H27N3O4S2. The standard InChI is InChI=1S/C20H27N3O4S2/c1-4-11(3)17(20(26)27-5-2)23-15(24)10-28-9-14-21-18(25)16-12-7-6-8-13(12)29-19(16)22-14/h11,17H,4-10H2,1-3H3,(H,23,24)(H,21,22,25)/t11-,17-/m0/s1. The minimum atomic E-state index is -0.643. The zero-order valence-corrected chi connectivity index (χ0v) is 18.6. The molecule has 7 nitrogen and oxygen atoms in total. The summed E-state index contributed by atoms with van der Waals surface area (Å²) in [6, 6.07) is -0.643. The second-order valence-electron chi connectivity index (χ2n) is 7.23. The number of aromatic nitrogens is 2. The maximum absolute atomic E-state index is 12.5. The summed E-state index contributed by atoms with van der Waals surface area (Å²) in [5.74, 6) is 0.534. The van der Waals surface area contributed by atoms with Gasteiger partial charge in [0.05, 0.1) is 23.5 Å². The number of ether oxygens (including phenoxy) is 1. The fraction of sp³-hybridized carbons (Fsp3) is 0.600. The molecule has 2 aromatic heterocycles. The molecule has 0 radical (unpaired) electrons. The topological polar surface area (TPSA) is 101 Å². The molecule has 2 aromatic rings. The van der Waals surface area contributed by atoms with Crippen LogP contribution < -0.4 is 10.9 Å². The van der Waals surface area contributed by atoms with Crippen molar-refractivity contribution < 1.29 is 14.3 Å². The normalized spacial score (nSPS) is 15.1. The van der Waals surface area contributed by atoms with Crippen LogP contribution in [0.15, 0.2) is 4.79 Å². The lowest BCUT2D eigenvalue weighted by molar-refractivity contribution is -0.148. The van der Waals surface area contributed by atoms with E-state index in [1.807, 2.05) is 13.8 Å². The highest BCUT2D eigenvalue weighted by molar-refractivity contribution is 7.99. The van der Waals surface area contributed by atoms with E-state index >= 15 is 0 Å². The van der Waals surface area contributed by atoms with Crippen molar-refractivity contribution in [1.82, 2.24) is 15.3 Å². The number of carbonyl (C=O) groups is 2. The molecule has 0 bridgehead atoms. The third-order valence-electron chi connectivity index (χ3n) is 5.17. The number of rotatable bonds is 9. The first kappa shape index (κ1) is 21.8. The van der Waals surface area contributed by atoms with E-state index in [2.05, 4.69) is 15.3 Å². The number of nitrogens with zero attached hydrogens (tertiary/aromatic N) is 1. The third kappa shape index (κ3) is 5.01. The molecule has 0 spiro atoms.